The number of aromatic nitrogens is 1. The first-order chi connectivity index (χ1) is 27.8. The van der Waals surface area contributed by atoms with Crippen LogP contribution in [-0.2, 0) is 0 Å². The first-order valence-corrected chi connectivity index (χ1v) is 19.2. The Morgan fingerprint density at radius 2 is 0.786 bits per heavy atom. The Labute approximate surface area is 327 Å². The fourth-order valence-corrected chi connectivity index (χ4v) is 8.19. The highest BCUT2D eigenvalue weighted by Gasteiger charge is 2.23. The minimum Gasteiger partial charge on any atom is -0.309 e. The Hall–Kier alpha value is -7.42. The van der Waals surface area contributed by atoms with Gasteiger partial charge in [-0.05, 0) is 106 Å². The molecule has 1 heterocycles. The number of nitrogens with zero attached hydrogens (tertiary/aromatic N) is 2. The number of hydrogen-bond donors (Lipinski definition) is 0. The Bertz CT molecular complexity index is 2890. The fraction of sp³-hybridized carbons (Fsp3) is 0. The number of para-hydroxylation sites is 3. The minimum absolute atomic E-state index is 1.08. The van der Waals surface area contributed by atoms with Gasteiger partial charge in [0.25, 0.3) is 0 Å². The number of fused-ring (bicyclic) bond motifs is 3. The van der Waals surface area contributed by atoms with Crippen LogP contribution in [-0.4, -0.2) is 4.57 Å². The molecule has 0 aliphatic heterocycles. The molecule has 0 saturated heterocycles. The molecule has 0 saturated carbocycles. The molecule has 0 aliphatic rings. The molecule has 0 fully saturated rings. The van der Waals surface area contributed by atoms with Crippen LogP contribution < -0.4 is 4.90 Å². The summed E-state index contributed by atoms with van der Waals surface area (Å²) in [5, 5.41) is 2.42. The van der Waals surface area contributed by atoms with Crippen molar-refractivity contribution in [3.63, 3.8) is 0 Å². The average Bonchev–Trinajstić information content (AvgIpc) is 3.63. The van der Waals surface area contributed by atoms with Crippen molar-refractivity contribution >= 4 is 38.9 Å². The molecular formula is C54H38N2. The van der Waals surface area contributed by atoms with Crippen molar-refractivity contribution in [1.29, 1.82) is 0 Å². The number of benzene rings is 9. The van der Waals surface area contributed by atoms with Crippen LogP contribution in [0.5, 0.6) is 0 Å². The van der Waals surface area contributed by atoms with Crippen molar-refractivity contribution in [2.24, 2.45) is 0 Å². The highest BCUT2D eigenvalue weighted by atomic mass is 15.2. The van der Waals surface area contributed by atoms with Gasteiger partial charge in [0, 0.05) is 27.7 Å². The monoisotopic (exact) mass is 714 g/mol. The largest absolute Gasteiger partial charge is 0.309 e. The van der Waals surface area contributed by atoms with Gasteiger partial charge >= 0.3 is 0 Å². The highest BCUT2D eigenvalue weighted by Crippen LogP contribution is 2.47. The first kappa shape index (κ1) is 33.2. The Kier molecular flexibility index (Phi) is 8.55. The predicted molar refractivity (Wildman–Crippen MR) is 237 cm³/mol. The summed E-state index contributed by atoms with van der Waals surface area (Å²) < 4.78 is 2.39. The molecule has 2 heteroatoms. The zero-order chi connectivity index (χ0) is 37.3. The van der Waals surface area contributed by atoms with Crippen molar-refractivity contribution in [3.05, 3.63) is 231 Å². The Balaban J connectivity index is 1.23. The molecule has 9 aromatic carbocycles. The summed E-state index contributed by atoms with van der Waals surface area (Å²) in [5.74, 6) is 0. The molecule has 56 heavy (non-hydrogen) atoms. The quantitative estimate of drug-likeness (QED) is 0.152. The van der Waals surface area contributed by atoms with Gasteiger partial charge in [0.1, 0.15) is 0 Å². The zero-order valence-corrected chi connectivity index (χ0v) is 30.8. The third-order valence-electron chi connectivity index (χ3n) is 10.7. The number of anilines is 3. The topological polar surface area (TPSA) is 8.17 Å². The molecule has 0 amide bonds. The summed E-state index contributed by atoms with van der Waals surface area (Å²) in [4.78, 5) is 2.47. The van der Waals surface area contributed by atoms with Gasteiger partial charge in [-0.2, -0.15) is 0 Å². The van der Waals surface area contributed by atoms with Crippen LogP contribution >= 0.6 is 0 Å². The van der Waals surface area contributed by atoms with Crippen molar-refractivity contribution in [2.75, 3.05) is 4.90 Å². The molecule has 0 radical (unpaired) electrons. The molecule has 10 rings (SSSR count). The van der Waals surface area contributed by atoms with E-state index in [1.54, 1.807) is 0 Å². The second-order valence-corrected chi connectivity index (χ2v) is 14.2. The Morgan fingerprint density at radius 3 is 1.46 bits per heavy atom. The lowest BCUT2D eigenvalue weighted by atomic mass is 9.93. The maximum atomic E-state index is 2.47. The zero-order valence-electron chi connectivity index (χ0n) is 30.8. The maximum absolute atomic E-state index is 2.47. The van der Waals surface area contributed by atoms with Gasteiger partial charge in [-0.25, -0.2) is 0 Å². The summed E-state index contributed by atoms with van der Waals surface area (Å²) in [6, 6.07) is 83.1. The van der Waals surface area contributed by atoms with E-state index in [0.717, 1.165) is 33.8 Å². The van der Waals surface area contributed by atoms with E-state index < -0.39 is 0 Å². The predicted octanol–water partition coefficient (Wildman–Crippen LogP) is 14.9. The van der Waals surface area contributed by atoms with Crippen LogP contribution in [0.2, 0.25) is 0 Å². The van der Waals surface area contributed by atoms with Crippen molar-refractivity contribution in [3.8, 4) is 50.2 Å². The molecule has 0 unspecified atom stereocenters. The van der Waals surface area contributed by atoms with E-state index in [1.165, 1.54) is 55.2 Å². The van der Waals surface area contributed by atoms with E-state index in [1.807, 2.05) is 0 Å². The average molecular weight is 715 g/mol. The van der Waals surface area contributed by atoms with Gasteiger partial charge in [-0.3, -0.25) is 0 Å². The van der Waals surface area contributed by atoms with Crippen LogP contribution in [0.25, 0.3) is 72.0 Å². The van der Waals surface area contributed by atoms with Crippen LogP contribution in [0.15, 0.2) is 231 Å². The van der Waals surface area contributed by atoms with E-state index in [2.05, 4.69) is 240 Å². The summed E-state index contributed by atoms with van der Waals surface area (Å²) in [5.41, 5.74) is 16.2. The van der Waals surface area contributed by atoms with Crippen molar-refractivity contribution in [2.45, 2.75) is 0 Å². The second-order valence-electron chi connectivity index (χ2n) is 14.2. The smallest absolute Gasteiger partial charge is 0.0562 e. The van der Waals surface area contributed by atoms with Crippen molar-refractivity contribution < 1.29 is 0 Å². The van der Waals surface area contributed by atoms with E-state index in [0.29, 0.717) is 0 Å². The minimum atomic E-state index is 1.08. The third kappa shape index (κ3) is 6.04. The second kappa shape index (κ2) is 14.4. The lowest BCUT2D eigenvalue weighted by Gasteiger charge is -2.29. The van der Waals surface area contributed by atoms with E-state index in [9.17, 15) is 0 Å². The van der Waals surface area contributed by atoms with Gasteiger partial charge in [-0.15, -0.1) is 0 Å². The first-order valence-electron chi connectivity index (χ1n) is 19.2. The number of hydrogen-bond acceptors (Lipinski definition) is 1. The summed E-state index contributed by atoms with van der Waals surface area (Å²) >= 11 is 0. The molecule has 264 valence electrons. The van der Waals surface area contributed by atoms with Gasteiger partial charge in [0.05, 0.1) is 22.4 Å². The van der Waals surface area contributed by atoms with Crippen molar-refractivity contribution in [1.82, 2.24) is 4.57 Å². The molecule has 0 atom stereocenters. The van der Waals surface area contributed by atoms with Gasteiger partial charge < -0.3 is 9.47 Å². The molecule has 10 aromatic rings. The van der Waals surface area contributed by atoms with Gasteiger partial charge in [-0.1, -0.05) is 164 Å². The van der Waals surface area contributed by atoms with Crippen LogP contribution in [0.3, 0.4) is 0 Å². The van der Waals surface area contributed by atoms with E-state index in [-0.39, 0.29) is 0 Å². The normalized spacial score (nSPS) is 11.2. The lowest BCUT2D eigenvalue weighted by molar-refractivity contribution is 1.18. The third-order valence-corrected chi connectivity index (χ3v) is 10.7. The Morgan fingerprint density at radius 1 is 0.304 bits per heavy atom. The van der Waals surface area contributed by atoms with Crippen LogP contribution in [0, 0.1) is 0 Å². The molecule has 0 aliphatic carbocycles. The SMILES string of the molecule is c1ccc(-c2cc(-c3ccccc3)cc(-c3cccc(N(c4ccccc4-c4ccccc4)c4cccc5c4c4ccccc4n5-c4ccccc4)c3)c2)cc1. The summed E-state index contributed by atoms with van der Waals surface area (Å²) in [6.07, 6.45) is 0. The number of rotatable bonds is 8. The molecule has 0 spiro atoms. The molecule has 1 aromatic heterocycles. The molecule has 0 bridgehead atoms. The molecular weight excluding hydrogens is 677 g/mol. The summed E-state index contributed by atoms with van der Waals surface area (Å²) in [7, 11) is 0. The van der Waals surface area contributed by atoms with Crippen LogP contribution in [0.1, 0.15) is 0 Å². The maximum Gasteiger partial charge on any atom is 0.0562 e. The highest BCUT2D eigenvalue weighted by molar-refractivity contribution is 6.17. The van der Waals surface area contributed by atoms with E-state index in [4.69, 9.17) is 0 Å². The van der Waals surface area contributed by atoms with Gasteiger partial charge in [0.15, 0.2) is 0 Å². The molecule has 2 nitrogen and oxygen atoms in total. The standard InChI is InChI=1S/C54H38N2/c1-5-19-39(20-6-1)43-35-44(40-21-7-2-8-22-40)37-45(36-43)42-25-17-28-47(38-42)56(50-31-15-13-29-48(50)41-23-9-3-10-24-41)53-34-18-33-52-54(53)49-30-14-16-32-51(49)55(52)46-26-11-4-12-27-46/h1-38H. The fourth-order valence-electron chi connectivity index (χ4n) is 8.19. The summed E-state index contributed by atoms with van der Waals surface area (Å²) in [6.45, 7) is 0. The van der Waals surface area contributed by atoms with Gasteiger partial charge in [0.2, 0.25) is 0 Å². The lowest BCUT2D eigenvalue weighted by Crippen LogP contribution is -2.12. The van der Waals surface area contributed by atoms with Crippen LogP contribution in [0.4, 0.5) is 17.1 Å². The molecule has 0 N–H and O–H groups in total. The van der Waals surface area contributed by atoms with E-state index >= 15 is 0 Å².